The van der Waals surface area contributed by atoms with Crippen LogP contribution in [0.3, 0.4) is 0 Å². The van der Waals surface area contributed by atoms with E-state index in [1.165, 1.54) is 10.9 Å². The number of carbonyl (C=O) groups excluding carboxylic acids is 1. The first-order valence-electron chi connectivity index (χ1n) is 7.46. The highest BCUT2D eigenvalue weighted by Crippen LogP contribution is 2.17. The third kappa shape index (κ3) is 3.38. The van der Waals surface area contributed by atoms with E-state index in [1.54, 1.807) is 12.1 Å². The fourth-order valence-corrected chi connectivity index (χ4v) is 2.82. The smallest absolute Gasteiger partial charge is 0.261 e. The quantitative estimate of drug-likeness (QED) is 0.751. The Kier molecular flexibility index (Phi) is 4.49. The topological polar surface area (TPSA) is 64.0 Å². The number of hydrogen-bond donors (Lipinski definition) is 1. The minimum atomic E-state index is -0.262. The van der Waals surface area contributed by atoms with Gasteiger partial charge in [0.05, 0.1) is 17.2 Å². The van der Waals surface area contributed by atoms with Crippen LogP contribution in [0.25, 0.3) is 10.9 Å². The number of benzene rings is 2. The molecule has 0 unspecified atom stereocenters. The van der Waals surface area contributed by atoms with Crippen molar-refractivity contribution in [1.82, 2.24) is 9.55 Å². The van der Waals surface area contributed by atoms with Crippen LogP contribution in [0.4, 0.5) is 5.69 Å². The Balaban J connectivity index is 1.87. The minimum absolute atomic E-state index is 0.0817. The van der Waals surface area contributed by atoms with Crippen molar-refractivity contribution in [3.05, 3.63) is 68.7 Å². The number of nitrogens with one attached hydrogen (secondary N) is 1. The number of amides is 1. The van der Waals surface area contributed by atoms with Gasteiger partial charge in [0, 0.05) is 10.2 Å². The van der Waals surface area contributed by atoms with E-state index < -0.39 is 0 Å². The molecule has 0 aliphatic carbocycles. The van der Waals surface area contributed by atoms with Gasteiger partial charge in [0.2, 0.25) is 5.91 Å². The molecule has 0 fully saturated rings. The summed E-state index contributed by atoms with van der Waals surface area (Å²) in [5.41, 5.74) is 3.16. The van der Waals surface area contributed by atoms with E-state index >= 15 is 0 Å². The number of aryl methyl sites for hydroxylation is 2. The summed E-state index contributed by atoms with van der Waals surface area (Å²) in [6.07, 6.45) is 1.40. The lowest BCUT2D eigenvalue weighted by Gasteiger charge is -2.11. The molecular weight excluding hydrogens is 370 g/mol. The first kappa shape index (κ1) is 16.4. The summed E-state index contributed by atoms with van der Waals surface area (Å²) in [6, 6.07) is 11.1. The molecule has 3 rings (SSSR count). The van der Waals surface area contributed by atoms with Gasteiger partial charge in [-0.15, -0.1) is 0 Å². The number of hydrogen-bond acceptors (Lipinski definition) is 3. The molecule has 24 heavy (non-hydrogen) atoms. The van der Waals surface area contributed by atoms with E-state index in [4.69, 9.17) is 0 Å². The van der Waals surface area contributed by atoms with Crippen LogP contribution in [0.15, 0.2) is 52.0 Å². The molecule has 3 aromatic rings. The van der Waals surface area contributed by atoms with Crippen LogP contribution < -0.4 is 10.9 Å². The van der Waals surface area contributed by atoms with Gasteiger partial charge < -0.3 is 5.32 Å². The highest BCUT2D eigenvalue weighted by atomic mass is 79.9. The summed E-state index contributed by atoms with van der Waals surface area (Å²) >= 11 is 3.35. The minimum Gasteiger partial charge on any atom is -0.324 e. The van der Waals surface area contributed by atoms with E-state index in [1.807, 2.05) is 38.1 Å². The number of fused-ring (bicyclic) bond motifs is 1. The summed E-state index contributed by atoms with van der Waals surface area (Å²) in [6.45, 7) is 3.81. The zero-order valence-corrected chi connectivity index (χ0v) is 14.9. The van der Waals surface area contributed by atoms with E-state index in [2.05, 4.69) is 26.2 Å². The van der Waals surface area contributed by atoms with Crippen LogP contribution in [0.2, 0.25) is 0 Å². The second-order valence-corrected chi connectivity index (χ2v) is 6.62. The summed E-state index contributed by atoms with van der Waals surface area (Å²) < 4.78 is 2.11. The standard InChI is InChI=1S/C18H16BrN3O2/c1-11-3-4-12(2)16(7-11)21-17(23)9-22-10-20-15-6-5-13(19)8-14(15)18(22)24/h3-8,10H,9H2,1-2H3,(H,21,23). The molecule has 0 saturated heterocycles. The molecule has 0 spiro atoms. The van der Waals surface area contributed by atoms with Crippen molar-refractivity contribution in [3.8, 4) is 0 Å². The Morgan fingerprint density at radius 3 is 2.79 bits per heavy atom. The second-order valence-electron chi connectivity index (χ2n) is 5.71. The molecule has 0 aliphatic heterocycles. The van der Waals surface area contributed by atoms with Gasteiger partial charge in [-0.3, -0.25) is 14.2 Å². The van der Waals surface area contributed by atoms with E-state index in [0.29, 0.717) is 10.9 Å². The van der Waals surface area contributed by atoms with Crippen molar-refractivity contribution < 1.29 is 4.79 Å². The number of nitrogens with zero attached hydrogens (tertiary/aromatic N) is 2. The lowest BCUT2D eigenvalue weighted by atomic mass is 10.1. The molecule has 0 aliphatic rings. The van der Waals surface area contributed by atoms with Gasteiger partial charge >= 0.3 is 0 Å². The van der Waals surface area contributed by atoms with Gasteiger partial charge in [-0.1, -0.05) is 28.1 Å². The Hall–Kier alpha value is -2.47. The van der Waals surface area contributed by atoms with Crippen LogP contribution in [0, 0.1) is 13.8 Å². The van der Waals surface area contributed by atoms with Gasteiger partial charge in [-0.2, -0.15) is 0 Å². The predicted octanol–water partition coefficient (Wildman–Crippen LogP) is 3.41. The van der Waals surface area contributed by atoms with E-state index in [0.717, 1.165) is 21.3 Å². The molecule has 0 saturated carbocycles. The van der Waals surface area contributed by atoms with Gasteiger partial charge in [0.25, 0.3) is 5.56 Å². The second kappa shape index (κ2) is 6.57. The normalized spacial score (nSPS) is 10.8. The first-order chi connectivity index (χ1) is 11.4. The molecule has 2 aromatic carbocycles. The molecular formula is C18H16BrN3O2. The fraction of sp³-hybridized carbons (Fsp3) is 0.167. The van der Waals surface area contributed by atoms with Crippen molar-refractivity contribution in [2.75, 3.05) is 5.32 Å². The molecule has 0 radical (unpaired) electrons. The number of anilines is 1. The maximum absolute atomic E-state index is 12.5. The molecule has 1 aromatic heterocycles. The van der Waals surface area contributed by atoms with Gasteiger partial charge in [0.15, 0.2) is 0 Å². The highest BCUT2D eigenvalue weighted by Gasteiger charge is 2.10. The summed E-state index contributed by atoms with van der Waals surface area (Å²) in [5, 5.41) is 3.33. The zero-order valence-electron chi connectivity index (χ0n) is 13.3. The summed E-state index contributed by atoms with van der Waals surface area (Å²) in [4.78, 5) is 29.0. The van der Waals surface area contributed by atoms with Crippen molar-refractivity contribution in [1.29, 1.82) is 0 Å². The Morgan fingerprint density at radius 2 is 2.00 bits per heavy atom. The number of carbonyl (C=O) groups is 1. The van der Waals surface area contributed by atoms with E-state index in [-0.39, 0.29) is 18.0 Å². The number of rotatable bonds is 3. The first-order valence-corrected chi connectivity index (χ1v) is 8.25. The van der Waals surface area contributed by atoms with Crippen LogP contribution in [-0.2, 0) is 11.3 Å². The monoisotopic (exact) mass is 385 g/mol. The van der Waals surface area contributed by atoms with Crippen LogP contribution >= 0.6 is 15.9 Å². The van der Waals surface area contributed by atoms with Gasteiger partial charge in [0.1, 0.15) is 6.54 Å². The average Bonchev–Trinajstić information content (AvgIpc) is 2.54. The third-order valence-corrected chi connectivity index (χ3v) is 4.26. The molecule has 0 bridgehead atoms. The van der Waals surface area contributed by atoms with Gasteiger partial charge in [-0.25, -0.2) is 4.98 Å². The maximum atomic E-state index is 12.5. The van der Waals surface area contributed by atoms with Gasteiger partial charge in [-0.05, 0) is 49.2 Å². The third-order valence-electron chi connectivity index (χ3n) is 3.77. The lowest BCUT2D eigenvalue weighted by Crippen LogP contribution is -2.28. The summed E-state index contributed by atoms with van der Waals surface area (Å²) in [7, 11) is 0. The van der Waals surface area contributed by atoms with E-state index in [9.17, 15) is 9.59 Å². The predicted molar refractivity (Wildman–Crippen MR) is 98.2 cm³/mol. The van der Waals surface area contributed by atoms with Crippen LogP contribution in [0.1, 0.15) is 11.1 Å². The average molecular weight is 386 g/mol. The molecule has 6 heteroatoms. The zero-order chi connectivity index (χ0) is 17.3. The fourth-order valence-electron chi connectivity index (χ4n) is 2.46. The Labute approximate surface area is 147 Å². The molecule has 1 amide bonds. The van der Waals surface area contributed by atoms with Crippen molar-refractivity contribution in [3.63, 3.8) is 0 Å². The molecule has 122 valence electrons. The molecule has 1 N–H and O–H groups in total. The van der Waals surface area contributed by atoms with Crippen LogP contribution in [-0.4, -0.2) is 15.5 Å². The van der Waals surface area contributed by atoms with Crippen LogP contribution in [0.5, 0.6) is 0 Å². The Bertz CT molecular complexity index is 995. The van der Waals surface area contributed by atoms with Crippen molar-refractivity contribution in [2.24, 2.45) is 0 Å². The van der Waals surface area contributed by atoms with Crippen molar-refractivity contribution >= 4 is 38.4 Å². The maximum Gasteiger partial charge on any atom is 0.261 e. The SMILES string of the molecule is Cc1ccc(C)c(NC(=O)Cn2cnc3ccc(Br)cc3c2=O)c1. The molecule has 0 atom stereocenters. The largest absolute Gasteiger partial charge is 0.324 e. The number of halogens is 1. The lowest BCUT2D eigenvalue weighted by molar-refractivity contribution is -0.116. The van der Waals surface area contributed by atoms with Crippen molar-refractivity contribution in [2.45, 2.75) is 20.4 Å². The summed E-state index contributed by atoms with van der Waals surface area (Å²) in [5.74, 6) is -0.262. The number of aromatic nitrogens is 2. The Morgan fingerprint density at radius 1 is 1.21 bits per heavy atom. The highest BCUT2D eigenvalue weighted by molar-refractivity contribution is 9.10. The molecule has 5 nitrogen and oxygen atoms in total. The molecule has 1 heterocycles.